The number of carbonyl (C=O) groups is 1. The minimum atomic E-state index is -0.434. The van der Waals surface area contributed by atoms with Gasteiger partial charge in [0.2, 0.25) is 0 Å². The zero-order valence-corrected chi connectivity index (χ0v) is 10.7. The molecule has 1 aliphatic carbocycles. The van der Waals surface area contributed by atoms with E-state index in [0.29, 0.717) is 11.8 Å². The van der Waals surface area contributed by atoms with Crippen LogP contribution in [-0.4, -0.2) is 39.9 Å². The van der Waals surface area contributed by atoms with E-state index in [1.165, 1.54) is 6.42 Å². The number of piperidine rings is 2. The summed E-state index contributed by atoms with van der Waals surface area (Å²) in [4.78, 5) is 14.1. The molecule has 96 valence electrons. The maximum Gasteiger partial charge on any atom is 0.410 e. The molecule has 2 bridgehead atoms. The lowest BCUT2D eigenvalue weighted by Crippen LogP contribution is -2.52. The van der Waals surface area contributed by atoms with Gasteiger partial charge < -0.3 is 14.7 Å². The van der Waals surface area contributed by atoms with Crippen LogP contribution in [0.1, 0.15) is 40.0 Å². The van der Waals surface area contributed by atoms with Crippen LogP contribution in [0, 0.1) is 11.8 Å². The molecule has 1 N–H and O–H groups in total. The van der Waals surface area contributed by atoms with Crippen LogP contribution < -0.4 is 0 Å². The fourth-order valence-electron chi connectivity index (χ4n) is 3.59. The molecule has 0 aromatic rings. The third-order valence-electron chi connectivity index (χ3n) is 4.23. The topological polar surface area (TPSA) is 49.8 Å². The second kappa shape index (κ2) is 3.37. The Morgan fingerprint density at radius 3 is 2.18 bits per heavy atom. The highest BCUT2D eigenvalue weighted by atomic mass is 16.6. The summed E-state index contributed by atoms with van der Waals surface area (Å²) in [6.45, 7) is 5.69. The number of rotatable bonds is 0. The maximum absolute atomic E-state index is 12.2. The quantitative estimate of drug-likeness (QED) is 0.701. The lowest BCUT2D eigenvalue weighted by Gasteiger charge is -2.40. The molecule has 1 amide bonds. The molecule has 0 spiro atoms. The highest BCUT2D eigenvalue weighted by molar-refractivity contribution is 5.70. The van der Waals surface area contributed by atoms with Crippen molar-refractivity contribution in [3.63, 3.8) is 0 Å². The summed E-state index contributed by atoms with van der Waals surface area (Å²) in [5.74, 6) is 1.26. The van der Waals surface area contributed by atoms with E-state index >= 15 is 0 Å². The summed E-state index contributed by atoms with van der Waals surface area (Å²) in [7, 11) is 0. The van der Waals surface area contributed by atoms with Gasteiger partial charge in [-0.1, -0.05) is 0 Å². The molecule has 2 heterocycles. The molecule has 1 saturated carbocycles. The van der Waals surface area contributed by atoms with Crippen LogP contribution in [-0.2, 0) is 4.74 Å². The van der Waals surface area contributed by atoms with Crippen LogP contribution in [0.3, 0.4) is 0 Å². The minimum Gasteiger partial charge on any atom is -0.444 e. The number of ether oxygens (including phenoxy) is 1. The van der Waals surface area contributed by atoms with Gasteiger partial charge in [0.25, 0.3) is 0 Å². The van der Waals surface area contributed by atoms with Gasteiger partial charge in [-0.15, -0.1) is 0 Å². The molecule has 3 unspecified atom stereocenters. The summed E-state index contributed by atoms with van der Waals surface area (Å²) in [6.07, 6.45) is 2.29. The van der Waals surface area contributed by atoms with Crippen molar-refractivity contribution >= 4 is 6.09 Å². The van der Waals surface area contributed by atoms with Gasteiger partial charge in [0.05, 0.1) is 6.10 Å². The number of aliphatic hydroxyl groups excluding tert-OH is 1. The molecule has 4 heteroatoms. The van der Waals surface area contributed by atoms with Gasteiger partial charge in [-0.2, -0.15) is 0 Å². The van der Waals surface area contributed by atoms with Gasteiger partial charge in [-0.25, -0.2) is 4.79 Å². The van der Waals surface area contributed by atoms with Crippen molar-refractivity contribution in [1.29, 1.82) is 0 Å². The average Bonchev–Trinajstić information content (AvgIpc) is 2.87. The molecular formula is C13H21NO3. The standard InChI is InChI=1S/C13H21NO3/c1-13(2,3)17-12(16)14-10-4-7(15)5-11(14)9-6-8(9)10/h7-11,15H,4-6H2,1-3H3/t7?,8-,9+,10?,11?. The number of amides is 1. The van der Waals surface area contributed by atoms with Crippen LogP contribution in [0.2, 0.25) is 0 Å². The molecule has 17 heavy (non-hydrogen) atoms. The second-order valence-corrected chi connectivity index (χ2v) is 6.71. The average molecular weight is 239 g/mol. The lowest BCUT2D eigenvalue weighted by atomic mass is 9.96. The van der Waals surface area contributed by atoms with Gasteiger partial charge in [0, 0.05) is 12.1 Å². The van der Waals surface area contributed by atoms with Gasteiger partial charge in [-0.05, 0) is 51.9 Å². The zero-order valence-electron chi connectivity index (χ0n) is 10.7. The Balaban J connectivity index is 1.75. The van der Waals surface area contributed by atoms with Crippen LogP contribution in [0.5, 0.6) is 0 Å². The first-order valence-electron chi connectivity index (χ1n) is 6.56. The fourth-order valence-corrected chi connectivity index (χ4v) is 3.59. The summed E-state index contributed by atoms with van der Waals surface area (Å²) in [5, 5.41) is 9.78. The van der Waals surface area contributed by atoms with E-state index in [2.05, 4.69) is 0 Å². The Bertz CT molecular complexity index is 331. The monoisotopic (exact) mass is 239 g/mol. The first-order valence-corrected chi connectivity index (χ1v) is 6.56. The van der Waals surface area contributed by atoms with Gasteiger partial charge in [-0.3, -0.25) is 0 Å². The van der Waals surface area contributed by atoms with E-state index < -0.39 is 5.60 Å². The highest BCUT2D eigenvalue weighted by Crippen LogP contribution is 2.58. The zero-order chi connectivity index (χ0) is 12.4. The molecule has 0 aromatic carbocycles. The number of fused-ring (bicyclic) bond motifs is 5. The first-order chi connectivity index (χ1) is 7.87. The summed E-state index contributed by atoms with van der Waals surface area (Å²) >= 11 is 0. The molecule has 3 aliphatic rings. The molecular weight excluding hydrogens is 218 g/mol. The SMILES string of the molecule is CC(C)(C)OC(=O)N1C2CC(O)CC1[C@@H]1C[C@H]21. The predicted molar refractivity (Wildman–Crippen MR) is 62.5 cm³/mol. The second-order valence-electron chi connectivity index (χ2n) is 6.71. The van der Waals surface area contributed by atoms with Crippen molar-refractivity contribution in [1.82, 2.24) is 4.90 Å². The molecule has 2 aliphatic heterocycles. The Morgan fingerprint density at radius 1 is 1.18 bits per heavy atom. The Kier molecular flexibility index (Phi) is 2.25. The molecule has 4 nitrogen and oxygen atoms in total. The minimum absolute atomic E-state index is 0.188. The normalized spacial score (nSPS) is 43.3. The first kappa shape index (κ1) is 11.3. The number of hydrogen-bond donors (Lipinski definition) is 1. The van der Waals surface area contributed by atoms with Crippen molar-refractivity contribution in [3.05, 3.63) is 0 Å². The van der Waals surface area contributed by atoms with Crippen molar-refractivity contribution in [2.45, 2.75) is 63.8 Å². The Hall–Kier alpha value is -0.770. The van der Waals surface area contributed by atoms with E-state index in [0.717, 1.165) is 12.8 Å². The van der Waals surface area contributed by atoms with E-state index in [4.69, 9.17) is 4.74 Å². The molecule has 3 fully saturated rings. The van der Waals surface area contributed by atoms with Crippen LogP contribution in [0.25, 0.3) is 0 Å². The number of hydrogen-bond acceptors (Lipinski definition) is 3. The van der Waals surface area contributed by atoms with Crippen molar-refractivity contribution in [2.24, 2.45) is 11.8 Å². The summed E-state index contributed by atoms with van der Waals surface area (Å²) in [6, 6.07) is 0.451. The number of nitrogens with zero attached hydrogens (tertiary/aromatic N) is 1. The van der Waals surface area contributed by atoms with Gasteiger partial charge >= 0.3 is 6.09 Å². The lowest BCUT2D eigenvalue weighted by molar-refractivity contribution is -0.0202. The molecule has 5 atom stereocenters. The number of aliphatic hydroxyl groups is 1. The van der Waals surface area contributed by atoms with Crippen LogP contribution in [0.4, 0.5) is 4.79 Å². The van der Waals surface area contributed by atoms with E-state index in [1.54, 1.807) is 0 Å². The third kappa shape index (κ3) is 1.82. The summed E-state index contributed by atoms with van der Waals surface area (Å²) in [5.41, 5.74) is -0.434. The van der Waals surface area contributed by atoms with E-state index in [1.807, 2.05) is 25.7 Å². The maximum atomic E-state index is 12.2. The van der Waals surface area contributed by atoms with E-state index in [-0.39, 0.29) is 24.3 Å². The number of carbonyl (C=O) groups excluding carboxylic acids is 1. The Labute approximate surface area is 102 Å². The van der Waals surface area contributed by atoms with Crippen molar-refractivity contribution < 1.29 is 14.6 Å². The smallest absolute Gasteiger partial charge is 0.410 e. The largest absolute Gasteiger partial charge is 0.444 e. The predicted octanol–water partition coefficient (Wildman–Crippen LogP) is 1.77. The highest BCUT2D eigenvalue weighted by Gasteiger charge is 2.63. The van der Waals surface area contributed by atoms with E-state index in [9.17, 15) is 9.90 Å². The molecule has 0 radical (unpaired) electrons. The fraction of sp³-hybridized carbons (Fsp3) is 0.923. The third-order valence-corrected chi connectivity index (χ3v) is 4.23. The molecule has 2 saturated heterocycles. The van der Waals surface area contributed by atoms with Crippen LogP contribution >= 0.6 is 0 Å². The van der Waals surface area contributed by atoms with Crippen LogP contribution in [0.15, 0.2) is 0 Å². The Morgan fingerprint density at radius 2 is 1.71 bits per heavy atom. The summed E-state index contributed by atoms with van der Waals surface area (Å²) < 4.78 is 5.47. The molecule has 3 rings (SSSR count). The van der Waals surface area contributed by atoms with Crippen molar-refractivity contribution in [2.75, 3.05) is 0 Å². The molecule has 0 aromatic heterocycles. The van der Waals surface area contributed by atoms with Gasteiger partial charge in [0.15, 0.2) is 0 Å². The van der Waals surface area contributed by atoms with Gasteiger partial charge in [0.1, 0.15) is 5.60 Å². The van der Waals surface area contributed by atoms with Crippen molar-refractivity contribution in [3.8, 4) is 0 Å².